The fourth-order valence-corrected chi connectivity index (χ4v) is 2.88. The van der Waals surface area contributed by atoms with E-state index in [1.807, 2.05) is 29.6 Å². The molecule has 1 aromatic carbocycles. The summed E-state index contributed by atoms with van der Waals surface area (Å²) in [5, 5.41) is 2.39. The van der Waals surface area contributed by atoms with E-state index in [2.05, 4.69) is 0 Å². The molecule has 2 N–H and O–H groups in total. The molecule has 21 heavy (non-hydrogen) atoms. The molecule has 4 nitrogen and oxygen atoms in total. The van der Waals surface area contributed by atoms with Gasteiger partial charge in [-0.3, -0.25) is 0 Å². The summed E-state index contributed by atoms with van der Waals surface area (Å²) in [6.45, 7) is 2.81. The summed E-state index contributed by atoms with van der Waals surface area (Å²) in [5.74, 6) is -0.366. The van der Waals surface area contributed by atoms with Crippen molar-refractivity contribution in [2.24, 2.45) is 0 Å². The van der Waals surface area contributed by atoms with Crippen LogP contribution in [0.25, 0.3) is 11.1 Å². The number of esters is 1. The Morgan fingerprint density at radius 1 is 1.29 bits per heavy atom. The van der Waals surface area contributed by atoms with Crippen molar-refractivity contribution in [1.29, 1.82) is 0 Å². The summed E-state index contributed by atoms with van der Waals surface area (Å²) in [4.78, 5) is 12.0. The van der Waals surface area contributed by atoms with E-state index in [0.29, 0.717) is 23.8 Å². The Morgan fingerprint density at radius 2 is 2.00 bits per heavy atom. The van der Waals surface area contributed by atoms with Crippen molar-refractivity contribution < 1.29 is 14.3 Å². The lowest BCUT2D eigenvalue weighted by Gasteiger charge is -2.07. The zero-order valence-electron chi connectivity index (χ0n) is 12.2. The van der Waals surface area contributed by atoms with Crippen LogP contribution in [0.3, 0.4) is 0 Å². The summed E-state index contributed by atoms with van der Waals surface area (Å²) >= 11 is 1.36. The maximum absolute atomic E-state index is 12.0. The molecule has 2 rings (SSSR count). The summed E-state index contributed by atoms with van der Waals surface area (Å²) in [6.07, 6.45) is 0.868. The minimum absolute atomic E-state index is 0.337. The Labute approximate surface area is 128 Å². The number of nitrogens with two attached hydrogens (primary N) is 1. The third kappa shape index (κ3) is 3.62. The second kappa shape index (κ2) is 7.24. The highest BCUT2D eigenvalue weighted by Gasteiger charge is 2.19. The molecule has 0 saturated heterocycles. The van der Waals surface area contributed by atoms with E-state index in [9.17, 15) is 4.79 Å². The first-order chi connectivity index (χ1) is 10.2. The average molecular weight is 305 g/mol. The number of methoxy groups -OCH3 is 1. The van der Waals surface area contributed by atoms with E-state index in [-0.39, 0.29) is 5.97 Å². The SMILES string of the molecule is CCOC(=O)c1c(-c2ccc(CCOC)cc2)csc1N. The van der Waals surface area contributed by atoms with Crippen molar-refractivity contribution in [3.63, 3.8) is 0 Å². The van der Waals surface area contributed by atoms with Gasteiger partial charge in [-0.1, -0.05) is 24.3 Å². The maximum atomic E-state index is 12.0. The van der Waals surface area contributed by atoms with Gasteiger partial charge in [0, 0.05) is 18.1 Å². The summed E-state index contributed by atoms with van der Waals surface area (Å²) in [7, 11) is 1.69. The van der Waals surface area contributed by atoms with Crippen molar-refractivity contribution in [2.45, 2.75) is 13.3 Å². The topological polar surface area (TPSA) is 61.5 Å². The lowest BCUT2D eigenvalue weighted by molar-refractivity contribution is 0.0529. The molecule has 0 fully saturated rings. The van der Waals surface area contributed by atoms with Gasteiger partial charge >= 0.3 is 5.97 Å². The number of thiophene rings is 1. The van der Waals surface area contributed by atoms with Crippen molar-refractivity contribution in [3.05, 3.63) is 40.8 Å². The molecule has 112 valence electrons. The van der Waals surface area contributed by atoms with E-state index >= 15 is 0 Å². The van der Waals surface area contributed by atoms with Crippen LogP contribution in [0, 0.1) is 0 Å². The molecule has 1 aromatic heterocycles. The van der Waals surface area contributed by atoms with Gasteiger partial charge in [-0.15, -0.1) is 11.3 Å². The number of nitrogen functional groups attached to an aromatic ring is 1. The quantitative estimate of drug-likeness (QED) is 0.831. The first kappa shape index (κ1) is 15.5. The number of hydrogen-bond acceptors (Lipinski definition) is 5. The fourth-order valence-electron chi connectivity index (χ4n) is 2.07. The number of rotatable bonds is 6. The van der Waals surface area contributed by atoms with Crippen LogP contribution in [0.2, 0.25) is 0 Å². The smallest absolute Gasteiger partial charge is 0.341 e. The number of carbonyl (C=O) groups excluding carboxylic acids is 1. The van der Waals surface area contributed by atoms with E-state index in [0.717, 1.165) is 17.5 Å². The highest BCUT2D eigenvalue weighted by atomic mass is 32.1. The second-order valence-electron chi connectivity index (χ2n) is 4.55. The van der Waals surface area contributed by atoms with Crippen LogP contribution in [-0.4, -0.2) is 26.3 Å². The maximum Gasteiger partial charge on any atom is 0.341 e. The van der Waals surface area contributed by atoms with Gasteiger partial charge in [0.2, 0.25) is 0 Å². The molecule has 0 aliphatic rings. The van der Waals surface area contributed by atoms with Gasteiger partial charge < -0.3 is 15.2 Å². The fraction of sp³-hybridized carbons (Fsp3) is 0.312. The van der Waals surface area contributed by atoms with Gasteiger partial charge in [0.1, 0.15) is 10.6 Å². The molecule has 0 saturated carbocycles. The van der Waals surface area contributed by atoms with Gasteiger partial charge in [0.15, 0.2) is 0 Å². The Hall–Kier alpha value is -1.85. The van der Waals surface area contributed by atoms with E-state index in [1.54, 1.807) is 14.0 Å². The summed E-state index contributed by atoms with van der Waals surface area (Å²) in [6, 6.07) is 8.07. The molecule has 0 aliphatic heterocycles. The van der Waals surface area contributed by atoms with Gasteiger partial charge in [-0.05, 0) is 24.5 Å². The van der Waals surface area contributed by atoms with Crippen LogP contribution in [0.1, 0.15) is 22.8 Å². The van der Waals surface area contributed by atoms with E-state index in [1.165, 1.54) is 16.9 Å². The third-order valence-electron chi connectivity index (χ3n) is 3.16. The molecular formula is C16H19NO3S. The van der Waals surface area contributed by atoms with Crippen LogP contribution < -0.4 is 5.73 Å². The number of ether oxygens (including phenoxy) is 2. The van der Waals surface area contributed by atoms with Crippen molar-refractivity contribution in [2.75, 3.05) is 26.1 Å². The first-order valence-corrected chi connectivity index (χ1v) is 7.67. The molecule has 0 amide bonds. The van der Waals surface area contributed by atoms with Gasteiger partial charge in [-0.2, -0.15) is 0 Å². The number of hydrogen-bond donors (Lipinski definition) is 1. The number of carbonyl (C=O) groups is 1. The molecule has 1 heterocycles. The standard InChI is InChI=1S/C16H19NO3S/c1-3-20-16(18)14-13(10-21-15(14)17)12-6-4-11(5-7-12)8-9-19-2/h4-7,10H,3,8-9,17H2,1-2H3. The van der Waals surface area contributed by atoms with Crippen LogP contribution in [0.5, 0.6) is 0 Å². The lowest BCUT2D eigenvalue weighted by atomic mass is 10.0. The Bertz CT molecular complexity index is 604. The minimum atomic E-state index is -0.366. The minimum Gasteiger partial charge on any atom is -0.462 e. The zero-order valence-corrected chi connectivity index (χ0v) is 13.0. The Kier molecular flexibility index (Phi) is 5.36. The van der Waals surface area contributed by atoms with Crippen LogP contribution in [0.4, 0.5) is 5.00 Å². The Morgan fingerprint density at radius 3 is 2.62 bits per heavy atom. The number of anilines is 1. The Balaban J connectivity index is 2.28. The highest BCUT2D eigenvalue weighted by molar-refractivity contribution is 7.14. The normalized spacial score (nSPS) is 10.6. The third-order valence-corrected chi connectivity index (χ3v) is 3.97. The van der Waals surface area contributed by atoms with Crippen molar-refractivity contribution in [3.8, 4) is 11.1 Å². The molecule has 0 unspecified atom stereocenters. The molecule has 0 spiro atoms. The predicted octanol–water partition coefficient (Wildman–Crippen LogP) is 3.36. The monoisotopic (exact) mass is 305 g/mol. The van der Waals surface area contributed by atoms with E-state index < -0.39 is 0 Å². The van der Waals surface area contributed by atoms with Crippen molar-refractivity contribution in [1.82, 2.24) is 0 Å². The molecule has 2 aromatic rings. The predicted molar refractivity (Wildman–Crippen MR) is 85.7 cm³/mol. The number of benzene rings is 1. The largest absolute Gasteiger partial charge is 0.462 e. The molecule has 0 radical (unpaired) electrons. The van der Waals surface area contributed by atoms with Crippen LogP contribution >= 0.6 is 11.3 Å². The van der Waals surface area contributed by atoms with Gasteiger partial charge in [-0.25, -0.2) is 4.79 Å². The first-order valence-electron chi connectivity index (χ1n) is 6.79. The summed E-state index contributed by atoms with van der Waals surface area (Å²) < 4.78 is 10.1. The van der Waals surface area contributed by atoms with Crippen LogP contribution in [-0.2, 0) is 15.9 Å². The average Bonchev–Trinajstić information content (AvgIpc) is 2.88. The van der Waals surface area contributed by atoms with E-state index in [4.69, 9.17) is 15.2 Å². The molecule has 0 atom stereocenters. The van der Waals surface area contributed by atoms with Gasteiger partial charge in [0.25, 0.3) is 0 Å². The summed E-state index contributed by atoms with van der Waals surface area (Å²) in [5.41, 5.74) is 9.36. The lowest BCUT2D eigenvalue weighted by Crippen LogP contribution is -2.07. The highest BCUT2D eigenvalue weighted by Crippen LogP contribution is 2.34. The van der Waals surface area contributed by atoms with Gasteiger partial charge in [0.05, 0.1) is 13.2 Å². The van der Waals surface area contributed by atoms with Crippen molar-refractivity contribution >= 4 is 22.3 Å². The molecular weight excluding hydrogens is 286 g/mol. The zero-order chi connectivity index (χ0) is 15.2. The second-order valence-corrected chi connectivity index (χ2v) is 5.46. The van der Waals surface area contributed by atoms with Crippen LogP contribution in [0.15, 0.2) is 29.6 Å². The molecule has 0 bridgehead atoms. The molecule has 5 heteroatoms. The molecule has 0 aliphatic carbocycles.